The quantitative estimate of drug-likeness (QED) is 0.617. The highest BCUT2D eigenvalue weighted by Gasteiger charge is 2.22. The summed E-state index contributed by atoms with van der Waals surface area (Å²) in [5.74, 6) is 1.49. The first-order chi connectivity index (χ1) is 15.7. The van der Waals surface area contributed by atoms with Crippen LogP contribution in [0.15, 0.2) is 35.7 Å². The number of nitrogens with one attached hydrogen (secondary N) is 1. The fourth-order valence-electron chi connectivity index (χ4n) is 4.19. The average molecular weight is 435 g/mol. The van der Waals surface area contributed by atoms with Crippen LogP contribution >= 0.6 is 0 Å². The van der Waals surface area contributed by atoms with Crippen LogP contribution in [0.25, 0.3) is 11.2 Å². The van der Waals surface area contributed by atoms with Gasteiger partial charge < -0.3 is 19.9 Å². The molecule has 0 amide bonds. The Morgan fingerprint density at radius 2 is 1.94 bits per heavy atom. The molecule has 2 fully saturated rings. The van der Waals surface area contributed by atoms with Gasteiger partial charge in [0.05, 0.1) is 19.4 Å². The van der Waals surface area contributed by atoms with Crippen LogP contribution in [0.3, 0.4) is 0 Å². The summed E-state index contributed by atoms with van der Waals surface area (Å²) < 4.78 is 7.26. The predicted octanol–water partition coefficient (Wildman–Crippen LogP) is 2.36. The lowest BCUT2D eigenvalue weighted by molar-refractivity contribution is 0.122. The van der Waals surface area contributed by atoms with Gasteiger partial charge >= 0.3 is 0 Å². The molecule has 0 spiro atoms. The van der Waals surface area contributed by atoms with E-state index in [1.54, 1.807) is 11.0 Å². The molecule has 9 heteroatoms. The third kappa shape index (κ3) is 4.58. The number of nitrogens with zero attached hydrogens (tertiary/aromatic N) is 7. The number of hydrogen-bond donors (Lipinski definition) is 1. The zero-order chi connectivity index (χ0) is 21.9. The van der Waals surface area contributed by atoms with Gasteiger partial charge in [-0.1, -0.05) is 29.8 Å². The van der Waals surface area contributed by atoms with Crippen molar-refractivity contribution in [1.29, 1.82) is 0 Å². The summed E-state index contributed by atoms with van der Waals surface area (Å²) in [6.07, 6.45) is 5.73. The van der Waals surface area contributed by atoms with Gasteiger partial charge in [-0.3, -0.25) is 0 Å². The summed E-state index contributed by atoms with van der Waals surface area (Å²) in [5.41, 5.74) is 3.70. The molecule has 0 unspecified atom stereocenters. The predicted molar refractivity (Wildman–Crippen MR) is 127 cm³/mol. The first-order valence-electron chi connectivity index (χ1n) is 11.3. The number of ether oxygens (including phenoxy) is 1. The third-order valence-electron chi connectivity index (χ3n) is 6.09. The van der Waals surface area contributed by atoms with Gasteiger partial charge in [0.1, 0.15) is 6.33 Å². The van der Waals surface area contributed by atoms with Crippen LogP contribution < -0.4 is 10.2 Å². The van der Waals surface area contributed by atoms with Crippen LogP contribution in [-0.2, 0) is 4.74 Å². The van der Waals surface area contributed by atoms with Crippen molar-refractivity contribution in [2.24, 2.45) is 5.10 Å². The molecular weight excluding hydrogens is 404 g/mol. The van der Waals surface area contributed by atoms with Crippen LogP contribution in [0.5, 0.6) is 0 Å². The zero-order valence-electron chi connectivity index (χ0n) is 18.7. The number of rotatable bonds is 5. The van der Waals surface area contributed by atoms with Crippen molar-refractivity contribution < 1.29 is 4.74 Å². The lowest BCUT2D eigenvalue weighted by atomic mass is 10.1. The minimum absolute atomic E-state index is 0.378. The monoisotopic (exact) mass is 434 g/mol. The molecule has 0 saturated carbocycles. The molecule has 1 N–H and O–H groups in total. The number of anilines is 2. The van der Waals surface area contributed by atoms with Crippen molar-refractivity contribution in [2.45, 2.75) is 25.8 Å². The normalized spacial score (nSPS) is 18.6. The van der Waals surface area contributed by atoms with E-state index in [0.717, 1.165) is 55.9 Å². The maximum Gasteiger partial charge on any atom is 0.229 e. The van der Waals surface area contributed by atoms with Gasteiger partial charge in [0.2, 0.25) is 5.95 Å². The number of fused-ring (bicyclic) bond motifs is 1. The highest BCUT2D eigenvalue weighted by Crippen LogP contribution is 2.25. The summed E-state index contributed by atoms with van der Waals surface area (Å²) in [7, 11) is 2.17. The van der Waals surface area contributed by atoms with Crippen molar-refractivity contribution in [3.63, 3.8) is 0 Å². The molecule has 9 nitrogen and oxygen atoms in total. The zero-order valence-corrected chi connectivity index (χ0v) is 18.7. The van der Waals surface area contributed by atoms with Crippen LogP contribution in [0.4, 0.5) is 11.8 Å². The standard InChI is InChI=1S/C23H30N8O/c1-17-4-3-5-18(14-17)15-25-31-16-24-20-21(26-19-6-8-29(2)9-7-19)27-23(28-22(20)31)30-10-12-32-13-11-30/h3-5,14-16,19H,6-13H2,1-2H3,(H,26,27,28)/b25-15+. The van der Waals surface area contributed by atoms with E-state index >= 15 is 0 Å². The number of likely N-dealkylation sites (tertiary alicyclic amines) is 1. The van der Waals surface area contributed by atoms with Gasteiger partial charge in [0.25, 0.3) is 0 Å². The fraction of sp³-hybridized carbons (Fsp3) is 0.478. The molecule has 3 aromatic rings. The third-order valence-corrected chi connectivity index (χ3v) is 6.09. The maximum absolute atomic E-state index is 5.52. The van der Waals surface area contributed by atoms with Crippen molar-refractivity contribution in [1.82, 2.24) is 24.5 Å². The summed E-state index contributed by atoms with van der Waals surface area (Å²) in [5, 5.41) is 8.31. The second kappa shape index (κ2) is 9.22. The molecule has 0 aliphatic carbocycles. The fourth-order valence-corrected chi connectivity index (χ4v) is 4.19. The maximum atomic E-state index is 5.52. The van der Waals surface area contributed by atoms with E-state index in [4.69, 9.17) is 14.7 Å². The molecule has 1 aromatic carbocycles. The van der Waals surface area contributed by atoms with E-state index in [0.29, 0.717) is 30.9 Å². The van der Waals surface area contributed by atoms with E-state index in [1.165, 1.54) is 5.56 Å². The molecule has 32 heavy (non-hydrogen) atoms. The van der Waals surface area contributed by atoms with E-state index < -0.39 is 0 Å². The highest BCUT2D eigenvalue weighted by atomic mass is 16.5. The second-order valence-corrected chi connectivity index (χ2v) is 8.61. The van der Waals surface area contributed by atoms with Gasteiger partial charge in [-0.2, -0.15) is 15.1 Å². The molecule has 2 aliphatic rings. The number of morpholine rings is 1. The smallest absolute Gasteiger partial charge is 0.229 e. The van der Waals surface area contributed by atoms with Gasteiger partial charge in [-0.15, -0.1) is 0 Å². The van der Waals surface area contributed by atoms with Crippen LogP contribution in [-0.4, -0.2) is 83.2 Å². The Hall–Kier alpha value is -3.04. The Bertz CT molecular complexity index is 1100. The van der Waals surface area contributed by atoms with Gasteiger partial charge in [0.15, 0.2) is 17.0 Å². The first kappa shape index (κ1) is 20.8. The Kier molecular flexibility index (Phi) is 6.00. The molecule has 0 atom stereocenters. The Labute approximate surface area is 188 Å². The Morgan fingerprint density at radius 3 is 2.72 bits per heavy atom. The molecule has 2 saturated heterocycles. The molecule has 2 aromatic heterocycles. The molecule has 0 bridgehead atoms. The van der Waals surface area contributed by atoms with E-state index in [-0.39, 0.29) is 0 Å². The summed E-state index contributed by atoms with van der Waals surface area (Å²) in [6.45, 7) is 7.16. The largest absolute Gasteiger partial charge is 0.378 e. The van der Waals surface area contributed by atoms with E-state index in [2.05, 4.69) is 51.3 Å². The van der Waals surface area contributed by atoms with Crippen LogP contribution in [0.1, 0.15) is 24.0 Å². The van der Waals surface area contributed by atoms with Crippen molar-refractivity contribution >= 4 is 29.1 Å². The second-order valence-electron chi connectivity index (χ2n) is 8.61. The lowest BCUT2D eigenvalue weighted by Crippen LogP contribution is -2.38. The minimum atomic E-state index is 0.378. The number of piperidine rings is 1. The number of hydrogen-bond acceptors (Lipinski definition) is 8. The Balaban J connectivity index is 1.49. The van der Waals surface area contributed by atoms with Crippen molar-refractivity contribution in [3.05, 3.63) is 41.7 Å². The van der Waals surface area contributed by atoms with Crippen LogP contribution in [0.2, 0.25) is 0 Å². The molecule has 0 radical (unpaired) electrons. The molecule has 2 aliphatic heterocycles. The summed E-state index contributed by atoms with van der Waals surface area (Å²) >= 11 is 0. The first-order valence-corrected chi connectivity index (χ1v) is 11.3. The molecular formula is C23H30N8O. The summed E-state index contributed by atoms with van der Waals surface area (Å²) in [4.78, 5) is 18.9. The average Bonchev–Trinajstić information content (AvgIpc) is 3.23. The van der Waals surface area contributed by atoms with Crippen molar-refractivity contribution in [3.8, 4) is 0 Å². The van der Waals surface area contributed by atoms with Crippen LogP contribution in [0, 0.1) is 6.92 Å². The van der Waals surface area contributed by atoms with Gasteiger partial charge in [0, 0.05) is 19.1 Å². The molecule has 4 heterocycles. The highest BCUT2D eigenvalue weighted by molar-refractivity contribution is 5.85. The molecule has 168 valence electrons. The SMILES string of the molecule is Cc1cccc(/C=N/n2cnc3c(NC4CCN(C)CC4)nc(N4CCOCC4)nc32)c1. The van der Waals surface area contributed by atoms with Gasteiger partial charge in [-0.25, -0.2) is 9.66 Å². The topological polar surface area (TPSA) is 83.7 Å². The minimum Gasteiger partial charge on any atom is -0.378 e. The van der Waals surface area contributed by atoms with Crippen molar-refractivity contribution in [2.75, 3.05) is 56.7 Å². The number of aryl methyl sites for hydroxylation is 1. The Morgan fingerprint density at radius 1 is 1.12 bits per heavy atom. The molecule has 5 rings (SSSR count). The van der Waals surface area contributed by atoms with E-state index in [9.17, 15) is 0 Å². The number of aromatic nitrogens is 4. The summed E-state index contributed by atoms with van der Waals surface area (Å²) in [6, 6.07) is 8.63. The number of imidazole rings is 1. The van der Waals surface area contributed by atoms with E-state index in [1.807, 2.05) is 18.3 Å². The van der Waals surface area contributed by atoms with Gasteiger partial charge in [-0.05, 0) is 45.5 Å². The lowest BCUT2D eigenvalue weighted by Gasteiger charge is -2.30. The number of benzene rings is 1.